The second-order valence-corrected chi connectivity index (χ2v) is 8.12. The van der Waals surface area contributed by atoms with Crippen molar-refractivity contribution in [2.24, 2.45) is 5.73 Å². The number of rotatable bonds is 5. The van der Waals surface area contributed by atoms with Crippen molar-refractivity contribution in [3.8, 4) is 22.0 Å². The topological polar surface area (TPSA) is 123 Å². The Hall–Kier alpha value is -3.24. The lowest BCUT2D eigenvalue weighted by Crippen LogP contribution is -2.35. The quantitative estimate of drug-likeness (QED) is 0.347. The Morgan fingerprint density at radius 1 is 1.26 bits per heavy atom. The zero-order valence-corrected chi connectivity index (χ0v) is 18.1. The van der Waals surface area contributed by atoms with E-state index in [2.05, 4.69) is 20.5 Å². The van der Waals surface area contributed by atoms with Crippen molar-refractivity contribution < 1.29 is 4.52 Å². The summed E-state index contributed by atoms with van der Waals surface area (Å²) in [5.41, 5.74) is 8.52. The fourth-order valence-corrected chi connectivity index (χ4v) is 4.33. The number of halogens is 1. The smallest absolute Gasteiger partial charge is 0.249 e. The monoisotopic (exact) mass is 456 g/mol. The maximum absolute atomic E-state index is 7.70. The first-order valence-corrected chi connectivity index (χ1v) is 10.5. The van der Waals surface area contributed by atoms with Crippen LogP contribution in [0, 0.1) is 5.41 Å². The molecular formula is C20H21ClN8OS. The average Bonchev–Trinajstić information content (AvgIpc) is 3.55. The Kier molecular flexibility index (Phi) is 6.01. The van der Waals surface area contributed by atoms with E-state index < -0.39 is 0 Å². The molecule has 31 heavy (non-hydrogen) atoms. The summed E-state index contributed by atoms with van der Waals surface area (Å²) in [7, 11) is 0. The molecule has 0 aliphatic carbocycles. The van der Waals surface area contributed by atoms with Gasteiger partial charge in [0.1, 0.15) is 11.7 Å². The van der Waals surface area contributed by atoms with E-state index in [4.69, 9.17) is 15.7 Å². The van der Waals surface area contributed by atoms with Gasteiger partial charge in [-0.05, 0) is 29.9 Å². The van der Waals surface area contributed by atoms with Crippen LogP contribution in [0.25, 0.3) is 22.0 Å². The predicted octanol–water partition coefficient (Wildman–Crippen LogP) is 3.56. The van der Waals surface area contributed by atoms with E-state index in [0.29, 0.717) is 18.3 Å². The second-order valence-electron chi connectivity index (χ2n) is 7.17. The Morgan fingerprint density at radius 3 is 2.84 bits per heavy atom. The van der Waals surface area contributed by atoms with Crippen LogP contribution in [0.3, 0.4) is 0 Å². The number of hydrogen-bond acceptors (Lipinski definition) is 7. The van der Waals surface area contributed by atoms with E-state index in [-0.39, 0.29) is 24.4 Å². The molecule has 5 rings (SSSR count). The van der Waals surface area contributed by atoms with Crippen molar-refractivity contribution in [3.63, 3.8) is 0 Å². The fraction of sp³-hybridized carbons (Fsp3) is 0.250. The maximum Gasteiger partial charge on any atom is 0.249 e. The summed E-state index contributed by atoms with van der Waals surface area (Å²) < 4.78 is 7.30. The van der Waals surface area contributed by atoms with Crippen molar-refractivity contribution in [1.82, 2.24) is 30.0 Å². The summed E-state index contributed by atoms with van der Waals surface area (Å²) in [4.78, 5) is 7.44. The van der Waals surface area contributed by atoms with Gasteiger partial charge in [0.2, 0.25) is 11.7 Å². The molecule has 4 aromatic rings. The van der Waals surface area contributed by atoms with Gasteiger partial charge in [0.25, 0.3) is 0 Å². The van der Waals surface area contributed by atoms with Crippen LogP contribution in [0.2, 0.25) is 0 Å². The van der Waals surface area contributed by atoms with Gasteiger partial charge in [-0.3, -0.25) is 5.41 Å². The van der Waals surface area contributed by atoms with E-state index in [0.717, 1.165) is 41.1 Å². The van der Waals surface area contributed by atoms with Gasteiger partial charge < -0.3 is 15.2 Å². The van der Waals surface area contributed by atoms with Crippen molar-refractivity contribution in [2.75, 3.05) is 6.54 Å². The van der Waals surface area contributed by atoms with Gasteiger partial charge in [-0.1, -0.05) is 40.7 Å². The first-order chi connectivity index (χ1) is 14.7. The van der Waals surface area contributed by atoms with E-state index in [1.807, 2.05) is 52.7 Å². The number of hydrogen-bond donors (Lipinski definition) is 2. The van der Waals surface area contributed by atoms with Crippen LogP contribution < -0.4 is 5.73 Å². The SMILES string of the molecule is Cl.N=C(N)N1CCCC1c1nc(-c2ccc(Cn3cc(-c4cccs4)nn3)cc2)no1. The third-order valence-corrected chi connectivity index (χ3v) is 6.05. The molecule has 0 bridgehead atoms. The van der Waals surface area contributed by atoms with Gasteiger partial charge in [0, 0.05) is 12.1 Å². The van der Waals surface area contributed by atoms with Crippen LogP contribution in [-0.4, -0.2) is 42.5 Å². The molecule has 0 amide bonds. The third kappa shape index (κ3) is 4.30. The molecule has 4 heterocycles. The highest BCUT2D eigenvalue weighted by Crippen LogP contribution is 2.31. The molecule has 1 atom stereocenters. The molecule has 1 aromatic carbocycles. The highest BCUT2D eigenvalue weighted by Gasteiger charge is 2.31. The zero-order valence-electron chi connectivity index (χ0n) is 16.5. The number of nitrogens with zero attached hydrogens (tertiary/aromatic N) is 6. The van der Waals surface area contributed by atoms with Crippen molar-refractivity contribution in [3.05, 3.63) is 59.4 Å². The highest BCUT2D eigenvalue weighted by molar-refractivity contribution is 7.13. The third-order valence-electron chi connectivity index (χ3n) is 5.16. The van der Waals surface area contributed by atoms with Gasteiger partial charge >= 0.3 is 0 Å². The van der Waals surface area contributed by atoms with Gasteiger partial charge in [0.15, 0.2) is 5.96 Å². The summed E-state index contributed by atoms with van der Waals surface area (Å²) in [5.74, 6) is 1.08. The van der Waals surface area contributed by atoms with E-state index in [9.17, 15) is 0 Å². The van der Waals surface area contributed by atoms with Crippen molar-refractivity contribution in [1.29, 1.82) is 5.41 Å². The molecule has 3 aromatic heterocycles. The van der Waals surface area contributed by atoms with Gasteiger partial charge in [-0.25, -0.2) is 4.68 Å². The molecule has 0 radical (unpaired) electrons. The van der Waals surface area contributed by atoms with Gasteiger partial charge in [-0.2, -0.15) is 4.98 Å². The van der Waals surface area contributed by atoms with E-state index >= 15 is 0 Å². The molecule has 11 heteroatoms. The van der Waals surface area contributed by atoms with Crippen LogP contribution in [0.5, 0.6) is 0 Å². The summed E-state index contributed by atoms with van der Waals surface area (Å²) in [5, 5.41) is 22.3. The van der Waals surface area contributed by atoms with Gasteiger partial charge in [0.05, 0.1) is 17.6 Å². The molecule has 1 fully saturated rings. The van der Waals surface area contributed by atoms with Crippen molar-refractivity contribution >= 4 is 29.7 Å². The van der Waals surface area contributed by atoms with Crippen molar-refractivity contribution in [2.45, 2.75) is 25.4 Å². The largest absolute Gasteiger partial charge is 0.370 e. The molecule has 160 valence electrons. The molecule has 1 unspecified atom stereocenters. The highest BCUT2D eigenvalue weighted by atomic mass is 35.5. The number of guanidine groups is 1. The molecule has 9 nitrogen and oxygen atoms in total. The number of likely N-dealkylation sites (tertiary alicyclic amines) is 1. The fourth-order valence-electron chi connectivity index (χ4n) is 3.66. The Balaban J connectivity index is 0.00000231. The summed E-state index contributed by atoms with van der Waals surface area (Å²) in [6, 6.07) is 11.9. The van der Waals surface area contributed by atoms with Crippen LogP contribution in [-0.2, 0) is 6.54 Å². The first-order valence-electron chi connectivity index (χ1n) is 9.65. The number of benzene rings is 1. The lowest BCUT2D eigenvalue weighted by molar-refractivity contribution is 0.283. The van der Waals surface area contributed by atoms with Crippen LogP contribution in [0.1, 0.15) is 30.3 Å². The molecule has 3 N–H and O–H groups in total. The molecular weight excluding hydrogens is 436 g/mol. The zero-order chi connectivity index (χ0) is 20.5. The minimum absolute atomic E-state index is 0. The number of nitrogens with two attached hydrogens (primary N) is 1. The molecule has 0 spiro atoms. The molecule has 1 saturated heterocycles. The van der Waals surface area contributed by atoms with E-state index in [1.54, 1.807) is 16.2 Å². The predicted molar refractivity (Wildman–Crippen MR) is 120 cm³/mol. The van der Waals surface area contributed by atoms with E-state index in [1.165, 1.54) is 0 Å². The molecule has 0 saturated carbocycles. The lowest BCUT2D eigenvalue weighted by Gasteiger charge is -2.21. The molecule has 1 aliphatic heterocycles. The minimum Gasteiger partial charge on any atom is -0.370 e. The van der Waals surface area contributed by atoms with Crippen LogP contribution in [0.4, 0.5) is 0 Å². The normalized spacial score (nSPS) is 15.7. The van der Waals surface area contributed by atoms with Crippen LogP contribution in [0.15, 0.2) is 52.5 Å². The Labute approximate surface area is 188 Å². The Bertz CT molecular complexity index is 1150. The summed E-state index contributed by atoms with van der Waals surface area (Å²) in [6.07, 6.45) is 3.76. The van der Waals surface area contributed by atoms with Crippen LogP contribution >= 0.6 is 23.7 Å². The Morgan fingerprint density at radius 2 is 2.10 bits per heavy atom. The lowest BCUT2D eigenvalue weighted by atomic mass is 10.1. The number of aromatic nitrogens is 5. The van der Waals surface area contributed by atoms with Gasteiger partial charge in [-0.15, -0.1) is 28.8 Å². The summed E-state index contributed by atoms with van der Waals surface area (Å²) >= 11 is 1.65. The summed E-state index contributed by atoms with van der Waals surface area (Å²) in [6.45, 7) is 1.37. The molecule has 1 aliphatic rings. The average molecular weight is 457 g/mol. The standard InChI is InChI=1S/C20H20N8OS.ClH/c21-20(22)28-9-1-3-16(28)19-23-18(25-29-19)14-7-5-13(6-8-14)11-27-12-15(24-26-27)17-4-2-10-30-17;/h2,4-8,10,12,16H,1,3,9,11H2,(H3,21,22);1H. The first kappa shape index (κ1) is 21.0. The minimum atomic E-state index is -0.118. The second kappa shape index (κ2) is 8.86. The maximum atomic E-state index is 7.70. The number of nitrogens with one attached hydrogen (secondary N) is 1. The number of thiophene rings is 1.